The zero-order valence-corrected chi connectivity index (χ0v) is 18.9. The number of nitrogens with zero attached hydrogens (tertiary/aromatic N) is 1. The molecule has 0 unspecified atom stereocenters. The van der Waals surface area contributed by atoms with Crippen LogP contribution in [0, 0.1) is 6.92 Å². The first-order valence-electron chi connectivity index (χ1n) is 9.34. The number of carbonyl (C=O) groups excluding carboxylic acids is 3. The van der Waals surface area contributed by atoms with Crippen LogP contribution < -0.4 is 25.5 Å². The van der Waals surface area contributed by atoms with Crippen molar-refractivity contribution in [2.45, 2.75) is 13.8 Å². The molecular formula is C21H23BrN4O5. The second-order valence-electron chi connectivity index (χ2n) is 6.21. The van der Waals surface area contributed by atoms with Crippen LogP contribution in [-0.4, -0.2) is 44.2 Å². The topological polar surface area (TPSA) is 118 Å². The van der Waals surface area contributed by atoms with Crippen LogP contribution in [0.15, 0.2) is 46.0 Å². The molecule has 9 nitrogen and oxygen atoms in total. The summed E-state index contributed by atoms with van der Waals surface area (Å²) < 4.78 is 12.1. The van der Waals surface area contributed by atoms with Crippen molar-refractivity contribution in [1.82, 2.24) is 10.7 Å². The molecule has 0 saturated heterocycles. The zero-order valence-electron chi connectivity index (χ0n) is 17.3. The molecule has 0 atom stereocenters. The first-order valence-corrected chi connectivity index (χ1v) is 10.1. The van der Waals surface area contributed by atoms with Crippen LogP contribution in [0.1, 0.15) is 18.1 Å². The molecule has 0 radical (unpaired) electrons. The minimum Gasteiger partial charge on any atom is -0.490 e. The molecule has 2 rings (SSSR count). The zero-order chi connectivity index (χ0) is 22.8. The average molecular weight is 491 g/mol. The third kappa shape index (κ3) is 7.41. The van der Waals surface area contributed by atoms with Gasteiger partial charge in [0.1, 0.15) is 0 Å². The number of amides is 3. The summed E-state index contributed by atoms with van der Waals surface area (Å²) in [4.78, 5) is 34.8. The van der Waals surface area contributed by atoms with Crippen molar-refractivity contribution in [3.63, 3.8) is 0 Å². The van der Waals surface area contributed by atoms with E-state index in [0.29, 0.717) is 29.4 Å². The smallest absolute Gasteiger partial charge is 0.329 e. The van der Waals surface area contributed by atoms with Crippen molar-refractivity contribution in [3.8, 4) is 11.5 Å². The number of hydrogen-bond acceptors (Lipinski definition) is 6. The summed E-state index contributed by atoms with van der Waals surface area (Å²) in [6, 6.07) is 10.5. The SMILES string of the molecule is CCOc1cc(/C=N\NC(=O)C(=O)NC)ccc1OCC(=O)Nc1ccc(Br)cc1C. The molecule has 0 aliphatic carbocycles. The molecule has 0 fully saturated rings. The summed E-state index contributed by atoms with van der Waals surface area (Å²) in [6.45, 7) is 3.89. The average Bonchev–Trinajstić information content (AvgIpc) is 2.74. The van der Waals surface area contributed by atoms with E-state index in [4.69, 9.17) is 9.47 Å². The van der Waals surface area contributed by atoms with Crippen molar-refractivity contribution in [2.24, 2.45) is 5.10 Å². The normalized spacial score (nSPS) is 10.5. The second kappa shape index (κ2) is 11.7. The summed E-state index contributed by atoms with van der Waals surface area (Å²) in [6.07, 6.45) is 1.36. The molecular weight excluding hydrogens is 468 g/mol. The highest BCUT2D eigenvalue weighted by Gasteiger charge is 2.11. The third-order valence-corrected chi connectivity index (χ3v) is 4.40. The molecule has 164 valence electrons. The first-order chi connectivity index (χ1) is 14.8. The van der Waals surface area contributed by atoms with Crippen LogP contribution in [0.25, 0.3) is 0 Å². The van der Waals surface area contributed by atoms with E-state index in [0.717, 1.165) is 10.0 Å². The Morgan fingerprint density at radius 2 is 1.84 bits per heavy atom. The van der Waals surface area contributed by atoms with Gasteiger partial charge in [-0.1, -0.05) is 15.9 Å². The van der Waals surface area contributed by atoms with E-state index in [1.807, 2.05) is 26.0 Å². The summed E-state index contributed by atoms with van der Waals surface area (Å²) >= 11 is 3.39. The maximum Gasteiger partial charge on any atom is 0.329 e. The molecule has 0 heterocycles. The van der Waals surface area contributed by atoms with E-state index in [2.05, 4.69) is 37.1 Å². The number of hydrazone groups is 1. The lowest BCUT2D eigenvalue weighted by Crippen LogP contribution is -2.35. The highest BCUT2D eigenvalue weighted by Crippen LogP contribution is 2.28. The van der Waals surface area contributed by atoms with Gasteiger partial charge in [0.15, 0.2) is 18.1 Å². The molecule has 0 bridgehead atoms. The number of hydrogen-bond donors (Lipinski definition) is 3. The van der Waals surface area contributed by atoms with Crippen LogP contribution >= 0.6 is 15.9 Å². The van der Waals surface area contributed by atoms with E-state index in [1.54, 1.807) is 24.3 Å². The quantitative estimate of drug-likeness (QED) is 0.298. The number of likely N-dealkylation sites (N-methyl/N-ethyl adjacent to an activating group) is 1. The highest BCUT2D eigenvalue weighted by atomic mass is 79.9. The van der Waals surface area contributed by atoms with Gasteiger partial charge in [-0.25, -0.2) is 5.43 Å². The number of ether oxygens (including phenoxy) is 2. The molecule has 3 amide bonds. The van der Waals surface area contributed by atoms with Crippen LogP contribution in [0.3, 0.4) is 0 Å². The molecule has 2 aromatic rings. The Morgan fingerprint density at radius 3 is 2.52 bits per heavy atom. The van der Waals surface area contributed by atoms with Crippen LogP contribution in [0.4, 0.5) is 5.69 Å². The number of benzene rings is 2. The fourth-order valence-corrected chi connectivity index (χ4v) is 2.89. The monoisotopic (exact) mass is 490 g/mol. The van der Waals surface area contributed by atoms with Gasteiger partial charge in [0.05, 0.1) is 12.8 Å². The largest absolute Gasteiger partial charge is 0.490 e. The fourth-order valence-electron chi connectivity index (χ4n) is 2.42. The van der Waals surface area contributed by atoms with Gasteiger partial charge in [-0.3, -0.25) is 14.4 Å². The minimum absolute atomic E-state index is 0.203. The van der Waals surface area contributed by atoms with Gasteiger partial charge in [-0.2, -0.15) is 5.10 Å². The Labute approximate surface area is 188 Å². The number of anilines is 1. The fraction of sp³-hybridized carbons (Fsp3) is 0.238. The molecule has 0 aliphatic rings. The van der Waals surface area contributed by atoms with Crippen molar-refractivity contribution in [2.75, 3.05) is 25.6 Å². The van der Waals surface area contributed by atoms with Crippen molar-refractivity contribution >= 4 is 45.6 Å². The third-order valence-electron chi connectivity index (χ3n) is 3.90. The van der Waals surface area contributed by atoms with Crippen molar-refractivity contribution in [3.05, 3.63) is 52.0 Å². The molecule has 10 heteroatoms. The summed E-state index contributed by atoms with van der Waals surface area (Å²) in [5, 5.41) is 8.73. The van der Waals surface area contributed by atoms with E-state index < -0.39 is 11.8 Å². The lowest BCUT2D eigenvalue weighted by atomic mass is 10.2. The molecule has 3 N–H and O–H groups in total. The molecule has 0 aliphatic heterocycles. The van der Waals surface area contributed by atoms with Gasteiger partial charge in [-0.15, -0.1) is 0 Å². The summed E-state index contributed by atoms with van der Waals surface area (Å²) in [5.41, 5.74) is 4.33. The Hall–Kier alpha value is -3.40. The van der Waals surface area contributed by atoms with Gasteiger partial charge in [0.2, 0.25) is 0 Å². The molecule has 2 aromatic carbocycles. The lowest BCUT2D eigenvalue weighted by Gasteiger charge is -2.13. The molecule has 0 spiro atoms. The van der Waals surface area contributed by atoms with Crippen LogP contribution in [0.5, 0.6) is 11.5 Å². The van der Waals surface area contributed by atoms with E-state index in [1.165, 1.54) is 13.3 Å². The Morgan fingerprint density at radius 1 is 1.06 bits per heavy atom. The number of aryl methyl sites for hydroxylation is 1. The molecule has 0 aromatic heterocycles. The Kier molecular flexibility index (Phi) is 9.01. The molecule has 31 heavy (non-hydrogen) atoms. The second-order valence-corrected chi connectivity index (χ2v) is 7.13. The predicted molar refractivity (Wildman–Crippen MR) is 120 cm³/mol. The maximum atomic E-state index is 12.3. The maximum absolute atomic E-state index is 12.3. The van der Waals surface area contributed by atoms with Gasteiger partial charge in [0.25, 0.3) is 5.91 Å². The Balaban J connectivity index is 2.01. The van der Waals surface area contributed by atoms with E-state index in [-0.39, 0.29) is 12.5 Å². The summed E-state index contributed by atoms with van der Waals surface area (Å²) in [5.74, 6) is -1.19. The van der Waals surface area contributed by atoms with Crippen LogP contribution in [0.2, 0.25) is 0 Å². The number of halogens is 1. The predicted octanol–water partition coefficient (Wildman–Crippen LogP) is 2.37. The Bertz CT molecular complexity index is 994. The highest BCUT2D eigenvalue weighted by molar-refractivity contribution is 9.10. The van der Waals surface area contributed by atoms with Gasteiger partial charge in [0, 0.05) is 17.2 Å². The number of rotatable bonds is 8. The van der Waals surface area contributed by atoms with Gasteiger partial charge >= 0.3 is 11.8 Å². The van der Waals surface area contributed by atoms with Crippen molar-refractivity contribution in [1.29, 1.82) is 0 Å². The van der Waals surface area contributed by atoms with Gasteiger partial charge in [-0.05, 0) is 61.4 Å². The molecule has 0 saturated carbocycles. The summed E-state index contributed by atoms with van der Waals surface area (Å²) in [7, 11) is 1.35. The van der Waals surface area contributed by atoms with Crippen molar-refractivity contribution < 1.29 is 23.9 Å². The van der Waals surface area contributed by atoms with Crippen LogP contribution in [-0.2, 0) is 14.4 Å². The standard InChI is InChI=1S/C21H23BrN4O5/c1-4-30-18-10-14(11-24-26-21(29)20(28)23-3)5-8-17(18)31-12-19(27)25-16-7-6-15(22)9-13(16)2/h5-11H,4,12H2,1-3H3,(H,23,28)(H,25,27)(H,26,29)/b24-11-. The van der Waals surface area contributed by atoms with E-state index in [9.17, 15) is 14.4 Å². The van der Waals surface area contributed by atoms with E-state index >= 15 is 0 Å². The first kappa shape index (κ1) is 23.9. The minimum atomic E-state index is -0.879. The lowest BCUT2D eigenvalue weighted by molar-refractivity contribution is -0.138. The number of nitrogens with one attached hydrogen (secondary N) is 3. The van der Waals surface area contributed by atoms with Gasteiger partial charge < -0.3 is 20.1 Å². The number of carbonyl (C=O) groups is 3.